The molecule has 33 heavy (non-hydrogen) atoms. The first kappa shape index (κ1) is 27.6. The van der Waals surface area contributed by atoms with Crippen LogP contribution in [0.4, 0.5) is 0 Å². The van der Waals surface area contributed by atoms with E-state index in [0.29, 0.717) is 0 Å². The minimum atomic E-state index is 0.732. The fourth-order valence-electron chi connectivity index (χ4n) is 8.58. The van der Waals surface area contributed by atoms with E-state index in [1.807, 2.05) is 0 Å². The highest BCUT2D eigenvalue weighted by atomic mass is 14.5. The Morgan fingerprint density at radius 2 is 0.879 bits per heavy atom. The van der Waals surface area contributed by atoms with E-state index in [9.17, 15) is 0 Å². The van der Waals surface area contributed by atoms with Gasteiger partial charge in [-0.25, -0.2) is 0 Å². The number of unbranched alkanes of at least 4 members (excludes halogenated alkanes) is 8. The van der Waals surface area contributed by atoms with Crippen LogP contribution in [0, 0.1) is 23.2 Å². The summed E-state index contributed by atoms with van der Waals surface area (Å²) in [5.41, 5.74) is 0.732. The highest BCUT2D eigenvalue weighted by molar-refractivity contribution is 4.94. The third-order valence-corrected chi connectivity index (χ3v) is 10.6. The van der Waals surface area contributed by atoms with E-state index in [4.69, 9.17) is 0 Å². The van der Waals surface area contributed by atoms with Gasteiger partial charge in [0, 0.05) is 0 Å². The first-order valence-corrected chi connectivity index (χ1v) is 16.3. The highest BCUT2D eigenvalue weighted by Gasteiger charge is 2.44. The zero-order valence-electron chi connectivity index (χ0n) is 23.0. The zero-order valence-corrected chi connectivity index (χ0v) is 23.0. The molecule has 0 spiro atoms. The van der Waals surface area contributed by atoms with Crippen molar-refractivity contribution in [3.63, 3.8) is 0 Å². The van der Waals surface area contributed by atoms with Gasteiger partial charge >= 0.3 is 0 Å². The SMILES string of the molecule is CCCCCC(CCCCCCCCCC1CCCCC1)(C1CCCCC1)C1CCCCC1. The zero-order chi connectivity index (χ0) is 23.0. The van der Waals surface area contributed by atoms with Crippen LogP contribution in [0.3, 0.4) is 0 Å². The van der Waals surface area contributed by atoms with E-state index in [2.05, 4.69) is 6.92 Å². The lowest BCUT2D eigenvalue weighted by Gasteiger charge is -2.50. The van der Waals surface area contributed by atoms with Crippen LogP contribution in [0.25, 0.3) is 0 Å². The minimum Gasteiger partial charge on any atom is -0.0654 e. The average molecular weight is 459 g/mol. The largest absolute Gasteiger partial charge is 0.0654 e. The van der Waals surface area contributed by atoms with Crippen LogP contribution < -0.4 is 0 Å². The predicted molar refractivity (Wildman–Crippen MR) is 148 cm³/mol. The molecule has 0 heteroatoms. The quantitative estimate of drug-likeness (QED) is 0.202. The molecule has 0 aromatic carbocycles. The maximum atomic E-state index is 2.40. The normalized spacial score (nSPS) is 22.1. The van der Waals surface area contributed by atoms with Crippen molar-refractivity contribution in [1.29, 1.82) is 0 Å². The molecule has 0 atom stereocenters. The van der Waals surface area contributed by atoms with Gasteiger partial charge in [-0.3, -0.25) is 0 Å². The van der Waals surface area contributed by atoms with E-state index >= 15 is 0 Å². The van der Waals surface area contributed by atoms with Crippen molar-refractivity contribution in [3.8, 4) is 0 Å². The Hall–Kier alpha value is 0. The Morgan fingerprint density at radius 1 is 0.455 bits per heavy atom. The molecule has 3 aliphatic carbocycles. The first-order chi connectivity index (χ1) is 16.3. The molecule has 0 unspecified atom stereocenters. The number of hydrogen-bond donors (Lipinski definition) is 0. The first-order valence-electron chi connectivity index (χ1n) is 16.3. The predicted octanol–water partition coefficient (Wildman–Crippen LogP) is 11.8. The molecule has 0 aromatic heterocycles. The molecule has 3 fully saturated rings. The maximum Gasteiger partial charge on any atom is -0.0241 e. The monoisotopic (exact) mass is 458 g/mol. The summed E-state index contributed by atoms with van der Waals surface area (Å²) in [5.74, 6) is 3.25. The van der Waals surface area contributed by atoms with Crippen LogP contribution in [0.15, 0.2) is 0 Å². The Morgan fingerprint density at radius 3 is 1.39 bits per heavy atom. The van der Waals surface area contributed by atoms with Gasteiger partial charge in [0.05, 0.1) is 0 Å². The van der Waals surface area contributed by atoms with Gasteiger partial charge in [-0.05, 0) is 61.7 Å². The summed E-state index contributed by atoms with van der Waals surface area (Å²) >= 11 is 0. The van der Waals surface area contributed by atoms with Crippen LogP contribution in [-0.2, 0) is 0 Å². The van der Waals surface area contributed by atoms with Crippen molar-refractivity contribution >= 4 is 0 Å². The maximum absolute atomic E-state index is 2.40. The third-order valence-electron chi connectivity index (χ3n) is 10.6. The summed E-state index contributed by atoms with van der Waals surface area (Å²) < 4.78 is 0. The number of hydrogen-bond acceptors (Lipinski definition) is 0. The summed E-state index contributed by atoms with van der Waals surface area (Å²) in [6.45, 7) is 2.40. The summed E-state index contributed by atoms with van der Waals surface area (Å²) in [6, 6.07) is 0. The second-order valence-electron chi connectivity index (χ2n) is 12.9. The van der Waals surface area contributed by atoms with Gasteiger partial charge in [-0.1, -0.05) is 148 Å². The highest BCUT2D eigenvalue weighted by Crippen LogP contribution is 2.54. The van der Waals surface area contributed by atoms with Crippen LogP contribution in [0.1, 0.15) is 187 Å². The lowest BCUT2D eigenvalue weighted by molar-refractivity contribution is 0.000247. The molecular weight excluding hydrogens is 396 g/mol. The van der Waals surface area contributed by atoms with E-state index < -0.39 is 0 Å². The number of rotatable bonds is 16. The summed E-state index contributed by atoms with van der Waals surface area (Å²) in [7, 11) is 0. The molecule has 0 radical (unpaired) electrons. The fourth-order valence-corrected chi connectivity index (χ4v) is 8.58. The van der Waals surface area contributed by atoms with E-state index in [1.165, 1.54) is 116 Å². The minimum absolute atomic E-state index is 0.732. The third kappa shape index (κ3) is 9.52. The summed E-state index contributed by atoms with van der Waals surface area (Å²) in [6.07, 6.45) is 42.9. The van der Waals surface area contributed by atoms with Gasteiger partial charge < -0.3 is 0 Å². The van der Waals surface area contributed by atoms with Gasteiger partial charge in [-0.2, -0.15) is 0 Å². The molecule has 0 amide bonds. The van der Waals surface area contributed by atoms with Crippen molar-refractivity contribution in [1.82, 2.24) is 0 Å². The fraction of sp³-hybridized carbons (Fsp3) is 1.00. The molecule has 0 aliphatic heterocycles. The van der Waals surface area contributed by atoms with Crippen LogP contribution in [0.5, 0.6) is 0 Å². The van der Waals surface area contributed by atoms with Crippen LogP contribution >= 0.6 is 0 Å². The molecule has 0 saturated heterocycles. The van der Waals surface area contributed by atoms with Crippen molar-refractivity contribution in [2.75, 3.05) is 0 Å². The summed E-state index contributed by atoms with van der Waals surface area (Å²) in [5, 5.41) is 0. The van der Waals surface area contributed by atoms with Gasteiger partial charge in [0.25, 0.3) is 0 Å². The van der Waals surface area contributed by atoms with Gasteiger partial charge in [0.15, 0.2) is 0 Å². The Balaban J connectivity index is 1.40. The smallest absolute Gasteiger partial charge is 0.0241 e. The average Bonchev–Trinajstić information content (AvgIpc) is 2.88. The van der Waals surface area contributed by atoms with Gasteiger partial charge in [0.1, 0.15) is 0 Å². The molecule has 3 saturated carbocycles. The van der Waals surface area contributed by atoms with Gasteiger partial charge in [0.2, 0.25) is 0 Å². The Kier molecular flexibility index (Phi) is 13.9. The second kappa shape index (κ2) is 16.6. The molecule has 0 aromatic rings. The lowest BCUT2D eigenvalue weighted by atomic mass is 9.55. The molecule has 3 rings (SSSR count). The van der Waals surface area contributed by atoms with Crippen LogP contribution in [-0.4, -0.2) is 0 Å². The van der Waals surface area contributed by atoms with Crippen molar-refractivity contribution < 1.29 is 0 Å². The van der Waals surface area contributed by atoms with Gasteiger partial charge in [-0.15, -0.1) is 0 Å². The molecule has 3 aliphatic rings. The standard InChI is InChI=1S/C33H62/c1-2-3-19-28-33(31-24-15-10-16-25-31,32-26-17-11-18-27-32)29-20-8-6-4-5-7-12-21-30-22-13-9-14-23-30/h30-32H,2-29H2,1H3. The molecule has 0 bridgehead atoms. The molecule has 194 valence electrons. The molecule has 0 nitrogen and oxygen atoms in total. The summed E-state index contributed by atoms with van der Waals surface area (Å²) in [4.78, 5) is 0. The van der Waals surface area contributed by atoms with E-state index in [0.717, 1.165) is 23.2 Å². The lowest BCUT2D eigenvalue weighted by Crippen LogP contribution is -2.40. The Labute approximate surface area is 209 Å². The Bertz CT molecular complexity index is 429. The molecule has 0 heterocycles. The molecular formula is C33H62. The van der Waals surface area contributed by atoms with E-state index in [1.54, 1.807) is 64.2 Å². The molecule has 0 N–H and O–H groups in total. The topological polar surface area (TPSA) is 0 Å². The van der Waals surface area contributed by atoms with Crippen molar-refractivity contribution in [2.24, 2.45) is 23.2 Å². The van der Waals surface area contributed by atoms with Crippen molar-refractivity contribution in [3.05, 3.63) is 0 Å². The second-order valence-corrected chi connectivity index (χ2v) is 12.9. The van der Waals surface area contributed by atoms with Crippen LogP contribution in [0.2, 0.25) is 0 Å². The van der Waals surface area contributed by atoms with E-state index in [-0.39, 0.29) is 0 Å². The van der Waals surface area contributed by atoms with Crippen molar-refractivity contribution in [2.45, 2.75) is 187 Å².